The lowest BCUT2D eigenvalue weighted by Crippen LogP contribution is -2.48. The van der Waals surface area contributed by atoms with E-state index >= 15 is 0 Å². The predicted molar refractivity (Wildman–Crippen MR) is 138 cm³/mol. The van der Waals surface area contributed by atoms with Crippen molar-refractivity contribution in [1.29, 1.82) is 0 Å². The van der Waals surface area contributed by atoms with Gasteiger partial charge in [0.15, 0.2) is 0 Å². The first kappa shape index (κ1) is 22.7. The Morgan fingerprint density at radius 2 is 1.84 bits per heavy atom. The van der Waals surface area contributed by atoms with Crippen molar-refractivity contribution in [3.63, 3.8) is 0 Å². The number of hydrogen-bond donors (Lipinski definition) is 3. The Morgan fingerprint density at radius 3 is 2.58 bits per heavy atom. The van der Waals surface area contributed by atoms with Crippen LogP contribution in [0.4, 0.5) is 16.2 Å². The largest absolute Gasteiger partial charge is 0.481 e. The zero-order chi connectivity index (χ0) is 26.4. The Labute approximate surface area is 217 Å². The lowest BCUT2D eigenvalue weighted by molar-refractivity contribution is -0.138. The van der Waals surface area contributed by atoms with Gasteiger partial charge in [-0.25, -0.2) is 4.79 Å². The number of carbonyl (C=O) groups excluding carboxylic acids is 3. The predicted octanol–water partition coefficient (Wildman–Crippen LogP) is 2.33. The molecule has 2 aromatic carbocycles. The van der Waals surface area contributed by atoms with Gasteiger partial charge in [-0.05, 0) is 41.5 Å². The maximum atomic E-state index is 12.7. The van der Waals surface area contributed by atoms with Gasteiger partial charge in [0.05, 0.1) is 24.2 Å². The molecule has 38 heavy (non-hydrogen) atoms. The van der Waals surface area contributed by atoms with Gasteiger partial charge in [0.1, 0.15) is 5.54 Å². The summed E-state index contributed by atoms with van der Waals surface area (Å²) in [7, 11) is 1.66. The number of nitrogens with zero attached hydrogens (tertiary/aromatic N) is 3. The molecule has 1 spiro atoms. The van der Waals surface area contributed by atoms with Crippen LogP contribution in [0.15, 0.2) is 42.5 Å². The second kappa shape index (κ2) is 7.53. The van der Waals surface area contributed by atoms with Crippen LogP contribution in [-0.4, -0.2) is 57.9 Å². The third kappa shape index (κ3) is 3.09. The van der Waals surface area contributed by atoms with Crippen LogP contribution in [-0.2, 0) is 39.2 Å². The highest BCUT2D eigenvalue weighted by Crippen LogP contribution is 2.51. The van der Waals surface area contributed by atoms with E-state index in [9.17, 15) is 24.3 Å². The van der Waals surface area contributed by atoms with Crippen LogP contribution in [0.5, 0.6) is 0 Å². The molecule has 4 heterocycles. The van der Waals surface area contributed by atoms with E-state index in [1.807, 2.05) is 36.4 Å². The number of nitrogens with one attached hydrogen (secondary N) is 2. The summed E-state index contributed by atoms with van der Waals surface area (Å²) in [5, 5.41) is 16.0. The molecule has 0 radical (unpaired) electrons. The van der Waals surface area contributed by atoms with Gasteiger partial charge in [-0.15, -0.1) is 0 Å². The van der Waals surface area contributed by atoms with Crippen LogP contribution >= 0.6 is 0 Å². The number of carboxylic acid groups (broad SMARTS) is 1. The van der Waals surface area contributed by atoms with E-state index in [2.05, 4.69) is 21.6 Å². The van der Waals surface area contributed by atoms with Crippen LogP contribution in [0, 0.1) is 0 Å². The van der Waals surface area contributed by atoms with E-state index in [-0.39, 0.29) is 30.7 Å². The molecule has 1 fully saturated rings. The molecule has 10 heteroatoms. The fourth-order valence-corrected chi connectivity index (χ4v) is 6.93. The average Bonchev–Trinajstić information content (AvgIpc) is 3.44. The Balaban J connectivity index is 1.22. The number of pyridine rings is 1. The normalized spacial score (nSPS) is 25.1. The quantitative estimate of drug-likeness (QED) is 0.458. The number of aromatic nitrogens is 1. The number of aliphatic carboxylic acids is 1. The van der Waals surface area contributed by atoms with Gasteiger partial charge in [-0.3, -0.25) is 24.7 Å². The molecular weight excluding hydrogens is 486 g/mol. The van der Waals surface area contributed by atoms with Gasteiger partial charge in [-0.2, -0.15) is 0 Å². The van der Waals surface area contributed by atoms with Gasteiger partial charge in [0.2, 0.25) is 5.91 Å². The molecule has 3 N–H and O–H groups in total. The standard InChI is InChI=1S/C28H25N5O5/c1-32-26(38)31-25(37)28(32)9-16-7-15-5-6-18(29-20(15)8-17(16)10-28)13-33-14-27(12-23(35)36)11-22(34)30-19-3-2-4-21(33)24(19)27/h2-8H,9-14H2,1H3,(H,30,34)(H,35,36)(H,31,37,38). The van der Waals surface area contributed by atoms with Crippen LogP contribution in [0.2, 0.25) is 0 Å². The number of carbonyl (C=O) groups is 4. The van der Waals surface area contributed by atoms with E-state index < -0.39 is 16.9 Å². The smallest absolute Gasteiger partial charge is 0.324 e. The summed E-state index contributed by atoms with van der Waals surface area (Å²) in [6, 6.07) is 13.3. The molecule has 7 rings (SSSR count). The second-order valence-corrected chi connectivity index (χ2v) is 11.0. The second-order valence-electron chi connectivity index (χ2n) is 11.0. The third-order valence-corrected chi connectivity index (χ3v) is 8.65. The monoisotopic (exact) mass is 511 g/mol. The summed E-state index contributed by atoms with van der Waals surface area (Å²) in [5.74, 6) is -1.36. The lowest BCUT2D eigenvalue weighted by atomic mass is 9.73. The number of imide groups is 1. The van der Waals surface area contributed by atoms with E-state index in [1.54, 1.807) is 7.05 Å². The number of carboxylic acids is 1. The Hall–Kier alpha value is -4.47. The first-order valence-electron chi connectivity index (χ1n) is 12.6. The van der Waals surface area contributed by atoms with Gasteiger partial charge in [0.25, 0.3) is 5.91 Å². The van der Waals surface area contributed by atoms with Crippen molar-refractivity contribution in [2.24, 2.45) is 0 Å². The van der Waals surface area contributed by atoms with Crippen molar-refractivity contribution in [3.05, 3.63) is 64.8 Å². The number of benzene rings is 2. The molecule has 10 nitrogen and oxygen atoms in total. The number of rotatable bonds is 4. The first-order valence-corrected chi connectivity index (χ1v) is 12.6. The molecule has 1 saturated heterocycles. The number of amides is 4. The Kier molecular flexibility index (Phi) is 4.50. The molecule has 3 aliphatic heterocycles. The molecule has 4 aliphatic rings. The minimum atomic E-state index is -0.930. The zero-order valence-electron chi connectivity index (χ0n) is 20.7. The summed E-state index contributed by atoms with van der Waals surface area (Å²) in [6.07, 6.45) is 0.923. The highest BCUT2D eigenvalue weighted by molar-refractivity contribution is 6.08. The van der Waals surface area contributed by atoms with Crippen LogP contribution < -0.4 is 15.5 Å². The number of fused-ring (bicyclic) bond motifs is 2. The SMILES string of the molecule is CN1C(=O)NC(=O)C12Cc1cc3ccc(CN4CC5(CC(=O)O)CC(=O)Nc6cccc4c65)nc3cc1C2. The number of hydrogen-bond acceptors (Lipinski definition) is 6. The lowest BCUT2D eigenvalue weighted by Gasteiger charge is -2.33. The van der Waals surface area contributed by atoms with Crippen LogP contribution in [0.25, 0.3) is 10.9 Å². The van der Waals surface area contributed by atoms with Gasteiger partial charge < -0.3 is 20.2 Å². The Bertz CT molecular complexity index is 1620. The molecular formula is C28H25N5O5. The summed E-state index contributed by atoms with van der Waals surface area (Å²) in [6.45, 7) is 0.879. The minimum Gasteiger partial charge on any atom is -0.481 e. The molecule has 0 bridgehead atoms. The maximum Gasteiger partial charge on any atom is 0.324 e. The molecule has 4 amide bonds. The molecule has 2 atom stereocenters. The van der Waals surface area contributed by atoms with E-state index in [4.69, 9.17) is 4.98 Å². The highest BCUT2D eigenvalue weighted by Gasteiger charge is 2.54. The van der Waals surface area contributed by atoms with Crippen molar-refractivity contribution in [2.75, 3.05) is 23.8 Å². The zero-order valence-corrected chi connectivity index (χ0v) is 20.7. The van der Waals surface area contributed by atoms with Crippen molar-refractivity contribution >= 4 is 46.1 Å². The fourth-order valence-electron chi connectivity index (χ4n) is 6.93. The van der Waals surface area contributed by atoms with Crippen molar-refractivity contribution in [1.82, 2.24) is 15.2 Å². The van der Waals surface area contributed by atoms with E-state index in [1.165, 1.54) is 4.90 Å². The summed E-state index contributed by atoms with van der Waals surface area (Å²) in [5.41, 5.74) is 4.48. The first-order chi connectivity index (χ1) is 18.2. The van der Waals surface area contributed by atoms with Crippen LogP contribution in [0.1, 0.15) is 35.2 Å². The average molecular weight is 512 g/mol. The topological polar surface area (TPSA) is 132 Å². The molecule has 3 aromatic rings. The molecule has 2 unspecified atom stereocenters. The van der Waals surface area contributed by atoms with Crippen molar-refractivity contribution in [2.45, 2.75) is 43.2 Å². The maximum absolute atomic E-state index is 12.7. The Morgan fingerprint density at radius 1 is 1.05 bits per heavy atom. The van der Waals surface area contributed by atoms with Crippen molar-refractivity contribution < 1.29 is 24.3 Å². The van der Waals surface area contributed by atoms with Gasteiger partial charge in [-0.1, -0.05) is 12.1 Å². The summed E-state index contributed by atoms with van der Waals surface area (Å²) < 4.78 is 0. The van der Waals surface area contributed by atoms with Gasteiger partial charge in [0, 0.05) is 60.6 Å². The molecule has 192 valence electrons. The highest BCUT2D eigenvalue weighted by atomic mass is 16.4. The number of urea groups is 1. The summed E-state index contributed by atoms with van der Waals surface area (Å²) >= 11 is 0. The third-order valence-electron chi connectivity index (χ3n) is 8.65. The number of anilines is 2. The van der Waals surface area contributed by atoms with Crippen molar-refractivity contribution in [3.8, 4) is 0 Å². The minimum absolute atomic E-state index is 0.121. The molecule has 0 saturated carbocycles. The van der Waals surface area contributed by atoms with Gasteiger partial charge >= 0.3 is 12.0 Å². The molecule has 1 aromatic heterocycles. The van der Waals surface area contributed by atoms with Crippen LogP contribution in [0.3, 0.4) is 0 Å². The summed E-state index contributed by atoms with van der Waals surface area (Å²) in [4.78, 5) is 57.6. The fraction of sp³-hybridized carbons (Fsp3) is 0.321. The van der Waals surface area contributed by atoms with E-state index in [0.717, 1.165) is 39.0 Å². The molecule has 1 aliphatic carbocycles. The number of likely N-dealkylation sites (N-methyl/N-ethyl adjacent to an activating group) is 1. The van der Waals surface area contributed by atoms with E-state index in [0.29, 0.717) is 31.6 Å².